The highest BCUT2D eigenvalue weighted by Crippen LogP contribution is 2.42. The molecular formula is C24H46N2O9. The van der Waals surface area contributed by atoms with Crippen molar-refractivity contribution in [1.82, 2.24) is 5.32 Å². The number of aliphatic hydroxyl groups is 6. The molecule has 1 aliphatic carbocycles. The van der Waals surface area contributed by atoms with E-state index < -0.39 is 85.7 Å². The number of nitrogens with one attached hydrogen (secondary N) is 1. The predicted molar refractivity (Wildman–Crippen MR) is 126 cm³/mol. The number of ether oxygens (including phenoxy) is 3. The molecule has 0 aromatic rings. The van der Waals surface area contributed by atoms with Gasteiger partial charge in [0, 0.05) is 17.9 Å². The Hall–Kier alpha value is -0.440. The summed E-state index contributed by atoms with van der Waals surface area (Å²) in [5.74, 6) is -0.841. The molecular weight excluding hydrogens is 460 g/mol. The molecule has 206 valence electrons. The third kappa shape index (κ3) is 5.85. The zero-order valence-corrected chi connectivity index (χ0v) is 21.2. The van der Waals surface area contributed by atoms with Crippen LogP contribution in [0, 0.1) is 17.8 Å². The van der Waals surface area contributed by atoms with E-state index in [0.29, 0.717) is 19.4 Å². The predicted octanol–water partition coefficient (Wildman–Crippen LogP) is -1.94. The van der Waals surface area contributed by atoms with Gasteiger partial charge in [0.1, 0.15) is 30.5 Å². The lowest BCUT2D eigenvalue weighted by Crippen LogP contribution is -2.67. The largest absolute Gasteiger partial charge is 0.394 e. The van der Waals surface area contributed by atoms with Crippen LogP contribution in [-0.4, -0.2) is 117 Å². The van der Waals surface area contributed by atoms with E-state index in [9.17, 15) is 30.6 Å². The van der Waals surface area contributed by atoms with Gasteiger partial charge in [-0.05, 0) is 31.7 Å². The maximum Gasteiger partial charge on any atom is 0.186 e. The highest BCUT2D eigenvalue weighted by Gasteiger charge is 2.54. The molecule has 3 rings (SSSR count). The van der Waals surface area contributed by atoms with Crippen LogP contribution in [0.3, 0.4) is 0 Å². The van der Waals surface area contributed by atoms with Gasteiger partial charge in [0.15, 0.2) is 6.29 Å². The van der Waals surface area contributed by atoms with Crippen molar-refractivity contribution in [3.63, 3.8) is 0 Å². The first-order valence-electron chi connectivity index (χ1n) is 13.0. The van der Waals surface area contributed by atoms with Crippen LogP contribution in [0.1, 0.15) is 47.0 Å². The Kier molecular flexibility index (Phi) is 10.3. The van der Waals surface area contributed by atoms with E-state index in [1.54, 1.807) is 6.92 Å². The van der Waals surface area contributed by atoms with E-state index in [1.807, 2.05) is 20.8 Å². The van der Waals surface area contributed by atoms with Gasteiger partial charge >= 0.3 is 0 Å². The molecule has 1 saturated carbocycles. The summed E-state index contributed by atoms with van der Waals surface area (Å²) in [4.78, 5) is 0. The molecule has 0 amide bonds. The van der Waals surface area contributed by atoms with Crippen molar-refractivity contribution in [2.45, 2.75) is 120 Å². The fourth-order valence-electron chi connectivity index (χ4n) is 6.00. The van der Waals surface area contributed by atoms with Crippen LogP contribution >= 0.6 is 0 Å². The van der Waals surface area contributed by atoms with Crippen LogP contribution in [0.15, 0.2) is 0 Å². The topological polar surface area (TPSA) is 187 Å². The SMILES string of the molecule is CCCNC1CC(C)C(C2OC(CC)C(O)C(O)C2C)C(O)C1OC1OC(CO)C(O)C(N)C1O. The molecule has 3 aliphatic rings. The van der Waals surface area contributed by atoms with Crippen molar-refractivity contribution in [1.29, 1.82) is 0 Å². The van der Waals surface area contributed by atoms with Gasteiger partial charge in [-0.25, -0.2) is 0 Å². The standard InChI is InChI=1S/C24H46N2O9/c1-5-7-26-12-8-10(3)15(22-11(4)17(28)19(30)13(6-2)33-22)20(31)23(12)35-24-21(32)16(25)18(29)14(9-27)34-24/h10-24,26-32H,5-9,25H2,1-4H3. The van der Waals surface area contributed by atoms with Crippen molar-refractivity contribution < 1.29 is 44.8 Å². The third-order valence-electron chi connectivity index (χ3n) is 8.20. The van der Waals surface area contributed by atoms with E-state index in [0.717, 1.165) is 6.42 Å². The lowest BCUT2D eigenvalue weighted by atomic mass is 9.67. The second kappa shape index (κ2) is 12.4. The molecule has 11 nitrogen and oxygen atoms in total. The van der Waals surface area contributed by atoms with Gasteiger partial charge < -0.3 is 55.9 Å². The highest BCUT2D eigenvalue weighted by atomic mass is 16.7. The summed E-state index contributed by atoms with van der Waals surface area (Å²) in [7, 11) is 0. The zero-order chi connectivity index (χ0) is 26.0. The maximum atomic E-state index is 11.7. The van der Waals surface area contributed by atoms with E-state index in [1.165, 1.54) is 0 Å². The first-order chi connectivity index (χ1) is 16.6. The fourth-order valence-corrected chi connectivity index (χ4v) is 6.00. The van der Waals surface area contributed by atoms with Crippen molar-refractivity contribution in [3.05, 3.63) is 0 Å². The van der Waals surface area contributed by atoms with Crippen molar-refractivity contribution in [2.75, 3.05) is 13.2 Å². The molecule has 0 aromatic carbocycles. The van der Waals surface area contributed by atoms with Crippen LogP contribution in [0.2, 0.25) is 0 Å². The first-order valence-corrected chi connectivity index (χ1v) is 13.0. The summed E-state index contributed by atoms with van der Waals surface area (Å²) in [5, 5.41) is 66.6. The average molecular weight is 507 g/mol. The van der Waals surface area contributed by atoms with Crippen molar-refractivity contribution in [3.8, 4) is 0 Å². The van der Waals surface area contributed by atoms with Gasteiger partial charge in [0.05, 0.1) is 37.1 Å². The normalized spacial score (nSPS) is 51.3. The van der Waals surface area contributed by atoms with Crippen molar-refractivity contribution >= 4 is 0 Å². The van der Waals surface area contributed by atoms with Gasteiger partial charge in [-0.15, -0.1) is 0 Å². The summed E-state index contributed by atoms with van der Waals surface area (Å²) in [5.41, 5.74) is 5.96. The highest BCUT2D eigenvalue weighted by molar-refractivity contribution is 5.03. The second-order valence-corrected chi connectivity index (χ2v) is 10.6. The van der Waals surface area contributed by atoms with Crippen LogP contribution in [0.5, 0.6) is 0 Å². The molecule has 2 heterocycles. The lowest BCUT2D eigenvalue weighted by molar-refractivity contribution is -0.310. The summed E-state index contributed by atoms with van der Waals surface area (Å²) >= 11 is 0. The molecule has 0 aromatic heterocycles. The minimum absolute atomic E-state index is 0.00178. The molecule has 35 heavy (non-hydrogen) atoms. The molecule has 0 spiro atoms. The summed E-state index contributed by atoms with van der Waals surface area (Å²) < 4.78 is 18.0. The van der Waals surface area contributed by atoms with Gasteiger partial charge in [0.25, 0.3) is 0 Å². The average Bonchev–Trinajstić information content (AvgIpc) is 2.84. The third-order valence-corrected chi connectivity index (χ3v) is 8.20. The quantitative estimate of drug-likeness (QED) is 0.183. The van der Waals surface area contributed by atoms with Gasteiger partial charge in [0.2, 0.25) is 0 Å². The molecule has 11 heteroatoms. The zero-order valence-electron chi connectivity index (χ0n) is 21.2. The molecule has 3 fully saturated rings. The number of hydrogen-bond donors (Lipinski definition) is 8. The van der Waals surface area contributed by atoms with Crippen LogP contribution in [0.25, 0.3) is 0 Å². The minimum Gasteiger partial charge on any atom is -0.394 e. The Morgan fingerprint density at radius 3 is 2.20 bits per heavy atom. The summed E-state index contributed by atoms with van der Waals surface area (Å²) in [6.07, 6.45) is -7.81. The Bertz CT molecular complexity index is 656. The molecule has 15 unspecified atom stereocenters. The molecule has 9 N–H and O–H groups in total. The molecule has 0 radical (unpaired) electrons. The number of nitrogens with two attached hydrogens (primary N) is 1. The van der Waals surface area contributed by atoms with E-state index >= 15 is 0 Å². The van der Waals surface area contributed by atoms with Gasteiger partial charge in [-0.3, -0.25) is 0 Å². The van der Waals surface area contributed by atoms with E-state index in [2.05, 4.69) is 5.32 Å². The number of aliphatic hydroxyl groups excluding tert-OH is 6. The van der Waals surface area contributed by atoms with Crippen LogP contribution in [0.4, 0.5) is 0 Å². The van der Waals surface area contributed by atoms with Crippen LogP contribution < -0.4 is 11.1 Å². The van der Waals surface area contributed by atoms with E-state index in [4.69, 9.17) is 19.9 Å². The molecule has 15 atom stereocenters. The lowest BCUT2D eigenvalue weighted by Gasteiger charge is -2.52. The monoisotopic (exact) mass is 506 g/mol. The van der Waals surface area contributed by atoms with Crippen molar-refractivity contribution in [2.24, 2.45) is 23.5 Å². The molecule has 2 saturated heterocycles. The molecule has 2 aliphatic heterocycles. The Morgan fingerprint density at radius 1 is 0.914 bits per heavy atom. The van der Waals surface area contributed by atoms with Crippen LogP contribution in [-0.2, 0) is 14.2 Å². The summed E-state index contributed by atoms with van der Waals surface area (Å²) in [6, 6.07) is -1.36. The maximum absolute atomic E-state index is 11.7. The summed E-state index contributed by atoms with van der Waals surface area (Å²) in [6.45, 7) is 7.93. The fraction of sp³-hybridized carbons (Fsp3) is 1.00. The minimum atomic E-state index is -1.36. The smallest absolute Gasteiger partial charge is 0.186 e. The Balaban J connectivity index is 1.86. The van der Waals surface area contributed by atoms with Gasteiger partial charge in [-0.2, -0.15) is 0 Å². The number of hydrogen-bond acceptors (Lipinski definition) is 11. The Morgan fingerprint density at radius 2 is 1.60 bits per heavy atom. The first kappa shape index (κ1) is 29.1. The van der Waals surface area contributed by atoms with Gasteiger partial charge in [-0.1, -0.05) is 27.7 Å². The second-order valence-electron chi connectivity index (χ2n) is 10.6. The number of rotatable bonds is 8. The molecule has 0 bridgehead atoms. The Labute approximate surface area is 207 Å². The van der Waals surface area contributed by atoms with E-state index in [-0.39, 0.29) is 12.0 Å².